The summed E-state index contributed by atoms with van der Waals surface area (Å²) < 4.78 is 32.5. The Hall–Kier alpha value is -2.87. The van der Waals surface area contributed by atoms with E-state index < -0.39 is 16.0 Å². The molecule has 1 aliphatic rings. The second-order valence-electron chi connectivity index (χ2n) is 8.01. The lowest BCUT2D eigenvalue weighted by molar-refractivity contribution is -0.125. The van der Waals surface area contributed by atoms with Crippen molar-refractivity contribution in [1.29, 1.82) is 0 Å². The van der Waals surface area contributed by atoms with Gasteiger partial charge in [0.1, 0.15) is 0 Å². The molecule has 1 aliphatic carbocycles. The van der Waals surface area contributed by atoms with E-state index in [2.05, 4.69) is 23.9 Å². The number of carbonyl (C=O) groups excluding carboxylic acids is 2. The lowest BCUT2D eigenvalue weighted by Crippen LogP contribution is -2.45. The van der Waals surface area contributed by atoms with Gasteiger partial charge in [-0.1, -0.05) is 44.9 Å². The predicted octanol–water partition coefficient (Wildman–Crippen LogP) is 3.59. The van der Waals surface area contributed by atoms with E-state index >= 15 is 0 Å². The summed E-state index contributed by atoms with van der Waals surface area (Å²) in [6, 6.07) is 14.0. The van der Waals surface area contributed by atoms with Gasteiger partial charge >= 0.3 is 5.97 Å². The fraction of sp³-hybridized carbons (Fsp3) is 0.391. The number of hydrogen-bond acceptors (Lipinski definition) is 5. The number of sulfonamides is 1. The van der Waals surface area contributed by atoms with E-state index in [9.17, 15) is 18.0 Å². The zero-order valence-electron chi connectivity index (χ0n) is 17.7. The van der Waals surface area contributed by atoms with Crippen molar-refractivity contribution < 1.29 is 22.7 Å². The summed E-state index contributed by atoms with van der Waals surface area (Å²) >= 11 is 0. The summed E-state index contributed by atoms with van der Waals surface area (Å²) in [4.78, 5) is 24.4. The monoisotopic (exact) mass is 444 g/mol. The number of carbonyl (C=O) groups is 2. The minimum atomic E-state index is -3.77. The number of nitrogens with one attached hydrogen (secondary N) is 2. The van der Waals surface area contributed by atoms with Crippen LogP contribution in [0, 0.1) is 11.8 Å². The predicted molar refractivity (Wildman–Crippen MR) is 118 cm³/mol. The van der Waals surface area contributed by atoms with Crippen molar-refractivity contribution in [2.45, 2.75) is 44.0 Å². The maximum atomic E-state index is 12.5. The summed E-state index contributed by atoms with van der Waals surface area (Å²) in [5.41, 5.74) is 0.616. The molecule has 2 aromatic rings. The van der Waals surface area contributed by atoms with E-state index in [1.54, 1.807) is 30.3 Å². The van der Waals surface area contributed by atoms with Gasteiger partial charge in [0.05, 0.1) is 10.5 Å². The number of rotatable bonds is 7. The van der Waals surface area contributed by atoms with Crippen molar-refractivity contribution >= 4 is 27.6 Å². The highest BCUT2D eigenvalue weighted by Gasteiger charge is 2.28. The number of hydrogen-bond donors (Lipinski definition) is 2. The molecule has 0 aliphatic heterocycles. The van der Waals surface area contributed by atoms with E-state index in [1.807, 2.05) is 0 Å². The molecule has 0 saturated heterocycles. The number of para-hydroxylation sites is 1. The van der Waals surface area contributed by atoms with E-state index in [0.29, 0.717) is 17.5 Å². The zero-order valence-corrected chi connectivity index (χ0v) is 18.5. The average molecular weight is 445 g/mol. The lowest BCUT2D eigenvalue weighted by Gasteiger charge is -2.34. The molecule has 7 nitrogen and oxygen atoms in total. The summed E-state index contributed by atoms with van der Waals surface area (Å²) in [5, 5.41) is 2.95. The molecule has 31 heavy (non-hydrogen) atoms. The molecule has 1 saturated carbocycles. The van der Waals surface area contributed by atoms with Gasteiger partial charge in [-0.25, -0.2) is 13.2 Å². The average Bonchev–Trinajstić information content (AvgIpc) is 2.76. The molecule has 2 N–H and O–H groups in total. The van der Waals surface area contributed by atoms with Crippen molar-refractivity contribution in [3.63, 3.8) is 0 Å². The fourth-order valence-corrected chi connectivity index (χ4v) is 4.80. The Bertz CT molecular complexity index is 1010. The van der Waals surface area contributed by atoms with Gasteiger partial charge in [-0.15, -0.1) is 0 Å². The van der Waals surface area contributed by atoms with Crippen molar-refractivity contribution in [2.24, 2.45) is 11.8 Å². The molecule has 0 bridgehead atoms. The molecule has 166 valence electrons. The highest BCUT2D eigenvalue weighted by atomic mass is 32.2. The third-order valence-electron chi connectivity index (χ3n) is 5.81. The van der Waals surface area contributed by atoms with Gasteiger partial charge in [-0.3, -0.25) is 9.52 Å². The molecule has 1 amide bonds. The van der Waals surface area contributed by atoms with Crippen molar-refractivity contribution in [2.75, 3.05) is 11.3 Å². The van der Waals surface area contributed by atoms with Crippen LogP contribution in [0.5, 0.6) is 0 Å². The molecule has 1 fully saturated rings. The first-order valence-electron chi connectivity index (χ1n) is 10.4. The van der Waals surface area contributed by atoms with E-state index in [4.69, 9.17) is 4.74 Å². The van der Waals surface area contributed by atoms with Gasteiger partial charge in [0.25, 0.3) is 15.9 Å². The van der Waals surface area contributed by atoms with E-state index in [0.717, 1.165) is 19.3 Å². The Morgan fingerprint density at radius 1 is 1.00 bits per heavy atom. The summed E-state index contributed by atoms with van der Waals surface area (Å²) in [6.45, 7) is 3.94. The van der Waals surface area contributed by atoms with Gasteiger partial charge in [-0.2, -0.15) is 0 Å². The Morgan fingerprint density at radius 3 is 2.35 bits per heavy atom. The van der Waals surface area contributed by atoms with Gasteiger partial charge in [0.15, 0.2) is 6.61 Å². The zero-order chi connectivity index (χ0) is 22.4. The lowest BCUT2D eigenvalue weighted by atomic mass is 9.78. The second-order valence-corrected chi connectivity index (χ2v) is 9.70. The number of amides is 1. The first-order valence-corrected chi connectivity index (χ1v) is 11.9. The number of ether oxygens (including phenoxy) is 1. The van der Waals surface area contributed by atoms with Crippen molar-refractivity contribution in [3.8, 4) is 0 Å². The van der Waals surface area contributed by atoms with Crippen LogP contribution >= 0.6 is 0 Å². The van der Waals surface area contributed by atoms with E-state index in [-0.39, 0.29) is 29.0 Å². The summed E-state index contributed by atoms with van der Waals surface area (Å²) in [6.07, 6.45) is 3.16. The maximum Gasteiger partial charge on any atom is 0.338 e. The first kappa shape index (κ1) is 22.8. The first-order chi connectivity index (χ1) is 14.8. The minimum Gasteiger partial charge on any atom is -0.452 e. The molecule has 0 heterocycles. The SMILES string of the molecule is C[C@@H]1[C@H](C)CCC[C@H]1NC(=O)COC(=O)c1ccc(S(=O)(=O)Nc2ccccc2)cc1. The summed E-state index contributed by atoms with van der Waals surface area (Å²) in [5.74, 6) is -0.0779. The Labute approximate surface area is 183 Å². The molecule has 3 atom stereocenters. The van der Waals surface area contributed by atoms with Gasteiger partial charge in [0, 0.05) is 11.7 Å². The minimum absolute atomic E-state index is 0.0195. The van der Waals surface area contributed by atoms with Crippen LogP contribution in [-0.2, 0) is 19.6 Å². The van der Waals surface area contributed by atoms with Crippen LogP contribution in [0.1, 0.15) is 43.5 Å². The number of benzene rings is 2. The van der Waals surface area contributed by atoms with Crippen LogP contribution in [0.2, 0.25) is 0 Å². The quantitative estimate of drug-likeness (QED) is 0.636. The molecular formula is C23H28N2O5S. The maximum absolute atomic E-state index is 12.5. The van der Waals surface area contributed by atoms with Crippen LogP contribution < -0.4 is 10.0 Å². The largest absolute Gasteiger partial charge is 0.452 e. The van der Waals surface area contributed by atoms with Crippen LogP contribution in [0.3, 0.4) is 0 Å². The molecule has 8 heteroatoms. The molecule has 0 unspecified atom stereocenters. The van der Waals surface area contributed by atoms with Crippen LogP contribution in [0.25, 0.3) is 0 Å². The molecule has 0 aromatic heterocycles. The molecule has 2 aromatic carbocycles. The number of anilines is 1. The normalized spacial score (nSPS) is 21.2. The smallest absolute Gasteiger partial charge is 0.338 e. The van der Waals surface area contributed by atoms with Crippen LogP contribution in [-0.4, -0.2) is 32.9 Å². The van der Waals surface area contributed by atoms with Gasteiger partial charge in [0.2, 0.25) is 0 Å². The van der Waals surface area contributed by atoms with E-state index in [1.165, 1.54) is 24.3 Å². The third kappa shape index (κ3) is 6.07. The van der Waals surface area contributed by atoms with Crippen molar-refractivity contribution in [1.82, 2.24) is 5.32 Å². The van der Waals surface area contributed by atoms with Crippen LogP contribution in [0.4, 0.5) is 5.69 Å². The third-order valence-corrected chi connectivity index (χ3v) is 7.21. The highest BCUT2D eigenvalue weighted by Crippen LogP contribution is 2.29. The van der Waals surface area contributed by atoms with Crippen molar-refractivity contribution in [3.05, 3.63) is 60.2 Å². The molecular weight excluding hydrogens is 416 g/mol. The Balaban J connectivity index is 1.53. The standard InChI is InChI=1S/C23H28N2O5S/c1-16-7-6-10-21(17(16)2)24-22(26)15-30-23(27)18-11-13-20(14-12-18)31(28,29)25-19-8-4-3-5-9-19/h3-5,8-9,11-14,16-17,21,25H,6-7,10,15H2,1-2H3,(H,24,26)/t16-,17-,21-/m1/s1. The molecule has 0 radical (unpaired) electrons. The highest BCUT2D eigenvalue weighted by molar-refractivity contribution is 7.92. The second kappa shape index (κ2) is 9.96. The topological polar surface area (TPSA) is 102 Å². The Morgan fingerprint density at radius 2 is 1.68 bits per heavy atom. The fourth-order valence-electron chi connectivity index (χ4n) is 3.74. The van der Waals surface area contributed by atoms with Gasteiger partial charge < -0.3 is 10.1 Å². The Kier molecular flexibility index (Phi) is 7.33. The number of esters is 1. The molecule has 3 rings (SSSR count). The van der Waals surface area contributed by atoms with Gasteiger partial charge in [-0.05, 0) is 54.7 Å². The van der Waals surface area contributed by atoms with Crippen LogP contribution in [0.15, 0.2) is 59.5 Å². The molecule has 0 spiro atoms. The summed E-state index contributed by atoms with van der Waals surface area (Å²) in [7, 11) is -3.77.